The van der Waals surface area contributed by atoms with Crippen molar-refractivity contribution < 1.29 is 0 Å². The van der Waals surface area contributed by atoms with Gasteiger partial charge in [-0.3, -0.25) is 0 Å². The van der Waals surface area contributed by atoms with Crippen LogP contribution in [0.5, 0.6) is 0 Å². The topological polar surface area (TPSA) is 15.8 Å². The van der Waals surface area contributed by atoms with Crippen molar-refractivity contribution in [3.05, 3.63) is 41.6 Å². The second-order valence-electron chi connectivity index (χ2n) is 2.64. The summed E-state index contributed by atoms with van der Waals surface area (Å²) in [6.45, 7) is 3.72. The molecule has 0 radical (unpaired) electrons. The van der Waals surface area contributed by atoms with Crippen molar-refractivity contribution in [3.8, 4) is 0 Å². The van der Waals surface area contributed by atoms with E-state index < -0.39 is 0 Å². The summed E-state index contributed by atoms with van der Waals surface area (Å²) in [6.07, 6.45) is 3.74. The third-order valence-electron chi connectivity index (χ3n) is 1.90. The zero-order chi connectivity index (χ0) is 8.55. The number of H-pyrrole nitrogens is 1. The number of aromatic nitrogens is 1. The molecule has 1 aromatic carbocycles. The molecule has 0 aliphatic heterocycles. The minimum Gasteiger partial charge on any atom is -0.361 e. The quantitative estimate of drug-likeness (QED) is 0.687. The highest BCUT2D eigenvalue weighted by molar-refractivity contribution is 6.31. The predicted octanol–water partition coefficient (Wildman–Crippen LogP) is 3.46. The number of hydrogen-bond donors (Lipinski definition) is 1. The van der Waals surface area contributed by atoms with Gasteiger partial charge in [-0.15, -0.1) is 0 Å². The summed E-state index contributed by atoms with van der Waals surface area (Å²) in [5, 5.41) is 1.88. The van der Waals surface area contributed by atoms with Crippen LogP contribution in [0.3, 0.4) is 0 Å². The summed E-state index contributed by atoms with van der Waals surface area (Å²) in [6, 6.07) is 5.77. The monoisotopic (exact) mass is 177 g/mol. The predicted molar refractivity (Wildman–Crippen MR) is 53.4 cm³/mol. The van der Waals surface area contributed by atoms with Gasteiger partial charge in [0.2, 0.25) is 0 Å². The van der Waals surface area contributed by atoms with Gasteiger partial charge in [-0.05, 0) is 23.8 Å². The molecule has 0 unspecified atom stereocenters. The molecule has 0 bridgehead atoms. The van der Waals surface area contributed by atoms with Crippen LogP contribution >= 0.6 is 11.6 Å². The fourth-order valence-corrected chi connectivity index (χ4v) is 1.46. The van der Waals surface area contributed by atoms with Crippen LogP contribution in [0, 0.1) is 0 Å². The van der Waals surface area contributed by atoms with E-state index in [4.69, 9.17) is 11.6 Å². The summed E-state index contributed by atoms with van der Waals surface area (Å²) < 4.78 is 0. The number of aromatic amines is 1. The fraction of sp³-hybridized carbons (Fsp3) is 0. The highest BCUT2D eigenvalue weighted by atomic mass is 35.5. The first-order valence-corrected chi connectivity index (χ1v) is 4.08. The minimum absolute atomic E-state index is 0.755. The fourth-order valence-electron chi connectivity index (χ4n) is 1.28. The van der Waals surface area contributed by atoms with Gasteiger partial charge in [0, 0.05) is 22.1 Å². The number of benzene rings is 1. The van der Waals surface area contributed by atoms with Gasteiger partial charge in [-0.1, -0.05) is 24.3 Å². The van der Waals surface area contributed by atoms with E-state index in [0.717, 1.165) is 21.5 Å². The molecule has 0 amide bonds. The number of hydrogen-bond acceptors (Lipinski definition) is 0. The largest absolute Gasteiger partial charge is 0.361 e. The molecule has 0 spiro atoms. The molecule has 0 aliphatic carbocycles. The van der Waals surface area contributed by atoms with Crippen LogP contribution in [-0.2, 0) is 0 Å². The van der Waals surface area contributed by atoms with E-state index in [2.05, 4.69) is 11.6 Å². The van der Waals surface area contributed by atoms with Gasteiger partial charge in [-0.25, -0.2) is 0 Å². The lowest BCUT2D eigenvalue weighted by atomic mass is 10.2. The maximum Gasteiger partial charge on any atom is 0.0461 e. The van der Waals surface area contributed by atoms with Crippen molar-refractivity contribution in [3.63, 3.8) is 0 Å². The molecule has 0 saturated carbocycles. The van der Waals surface area contributed by atoms with Crippen LogP contribution in [0.25, 0.3) is 17.0 Å². The maximum atomic E-state index is 5.86. The summed E-state index contributed by atoms with van der Waals surface area (Å²) in [4.78, 5) is 3.14. The molecule has 0 aliphatic rings. The van der Waals surface area contributed by atoms with E-state index in [1.807, 2.05) is 30.5 Å². The number of halogens is 1. The Morgan fingerprint density at radius 1 is 1.42 bits per heavy atom. The van der Waals surface area contributed by atoms with Crippen molar-refractivity contribution >= 4 is 28.6 Å². The first kappa shape index (κ1) is 7.44. The van der Waals surface area contributed by atoms with Crippen molar-refractivity contribution in [2.75, 3.05) is 0 Å². The Balaban J connectivity index is 2.83. The standard InChI is InChI=1S/C10H8ClN/c1-2-7-6-12-10-4-3-8(11)5-9(7)10/h2-6,12H,1H2. The van der Waals surface area contributed by atoms with E-state index in [-0.39, 0.29) is 0 Å². The molecule has 12 heavy (non-hydrogen) atoms. The number of rotatable bonds is 1. The Bertz CT molecular complexity index is 428. The second kappa shape index (κ2) is 2.68. The lowest BCUT2D eigenvalue weighted by molar-refractivity contribution is 1.47. The van der Waals surface area contributed by atoms with Crippen LogP contribution in [0.2, 0.25) is 5.02 Å². The Labute approximate surface area is 75.7 Å². The zero-order valence-electron chi connectivity index (χ0n) is 6.47. The van der Waals surface area contributed by atoms with Crippen LogP contribution < -0.4 is 0 Å². The van der Waals surface area contributed by atoms with Crippen LogP contribution in [-0.4, -0.2) is 4.98 Å². The van der Waals surface area contributed by atoms with E-state index in [1.165, 1.54) is 0 Å². The first-order chi connectivity index (χ1) is 5.81. The van der Waals surface area contributed by atoms with Crippen molar-refractivity contribution in [2.45, 2.75) is 0 Å². The lowest BCUT2D eigenvalue weighted by Gasteiger charge is -1.92. The smallest absolute Gasteiger partial charge is 0.0461 e. The van der Waals surface area contributed by atoms with Gasteiger partial charge in [0.05, 0.1) is 0 Å². The highest BCUT2D eigenvalue weighted by Gasteiger charge is 1.99. The average molecular weight is 178 g/mol. The van der Waals surface area contributed by atoms with Crippen LogP contribution in [0.1, 0.15) is 5.56 Å². The molecular formula is C10H8ClN. The summed E-state index contributed by atoms with van der Waals surface area (Å²) in [5.41, 5.74) is 2.18. The van der Waals surface area contributed by atoms with Gasteiger partial charge in [0.1, 0.15) is 0 Å². The molecule has 2 aromatic rings. The molecule has 2 heteroatoms. The SMILES string of the molecule is C=Cc1c[nH]c2ccc(Cl)cc12. The van der Waals surface area contributed by atoms with E-state index in [9.17, 15) is 0 Å². The summed E-state index contributed by atoms with van der Waals surface area (Å²) in [5.74, 6) is 0. The summed E-state index contributed by atoms with van der Waals surface area (Å²) in [7, 11) is 0. The van der Waals surface area contributed by atoms with E-state index >= 15 is 0 Å². The van der Waals surface area contributed by atoms with Gasteiger partial charge >= 0.3 is 0 Å². The Morgan fingerprint density at radius 2 is 2.25 bits per heavy atom. The number of fused-ring (bicyclic) bond motifs is 1. The second-order valence-corrected chi connectivity index (χ2v) is 3.07. The normalized spacial score (nSPS) is 10.4. The van der Waals surface area contributed by atoms with Gasteiger partial charge in [0.15, 0.2) is 0 Å². The minimum atomic E-state index is 0.755. The summed E-state index contributed by atoms with van der Waals surface area (Å²) >= 11 is 5.86. The Hall–Kier alpha value is -1.21. The maximum absolute atomic E-state index is 5.86. The van der Waals surface area contributed by atoms with Crippen molar-refractivity contribution in [1.82, 2.24) is 4.98 Å². The molecule has 1 aromatic heterocycles. The molecule has 0 saturated heterocycles. The third-order valence-corrected chi connectivity index (χ3v) is 2.13. The van der Waals surface area contributed by atoms with E-state index in [0.29, 0.717) is 0 Å². The zero-order valence-corrected chi connectivity index (χ0v) is 7.23. The van der Waals surface area contributed by atoms with E-state index in [1.54, 1.807) is 0 Å². The lowest BCUT2D eigenvalue weighted by Crippen LogP contribution is -1.68. The first-order valence-electron chi connectivity index (χ1n) is 3.70. The van der Waals surface area contributed by atoms with Crippen LogP contribution in [0.4, 0.5) is 0 Å². The van der Waals surface area contributed by atoms with Gasteiger partial charge < -0.3 is 4.98 Å². The Kier molecular flexibility index (Phi) is 1.66. The average Bonchev–Trinajstić information content (AvgIpc) is 2.46. The molecule has 1 nitrogen and oxygen atoms in total. The Morgan fingerprint density at radius 3 is 3.00 bits per heavy atom. The van der Waals surface area contributed by atoms with Gasteiger partial charge in [0.25, 0.3) is 0 Å². The molecular weight excluding hydrogens is 170 g/mol. The highest BCUT2D eigenvalue weighted by Crippen LogP contribution is 2.22. The van der Waals surface area contributed by atoms with Gasteiger partial charge in [-0.2, -0.15) is 0 Å². The number of nitrogens with one attached hydrogen (secondary N) is 1. The molecule has 2 rings (SSSR count). The van der Waals surface area contributed by atoms with Crippen LogP contribution in [0.15, 0.2) is 31.0 Å². The molecule has 0 atom stereocenters. The van der Waals surface area contributed by atoms with Crippen molar-refractivity contribution in [2.24, 2.45) is 0 Å². The molecule has 60 valence electrons. The molecule has 1 heterocycles. The molecule has 1 N–H and O–H groups in total. The molecule has 0 fully saturated rings. The van der Waals surface area contributed by atoms with Crippen molar-refractivity contribution in [1.29, 1.82) is 0 Å². The third kappa shape index (κ3) is 1.03.